The molecule has 83 heavy (non-hydrogen) atoms. The van der Waals surface area contributed by atoms with E-state index in [2.05, 4.69) is 336 Å². The second-order valence-electron chi connectivity index (χ2n) is 21.9. The molecule has 2 aromatic heterocycles. The van der Waals surface area contributed by atoms with Crippen molar-refractivity contribution in [1.82, 2.24) is 19.1 Å². The Morgan fingerprint density at radius 3 is 1.02 bits per heavy atom. The lowest BCUT2D eigenvalue weighted by atomic mass is 9.82. The quantitative estimate of drug-likeness (QED) is 0.122. The Labute approximate surface area is 483 Å². The monoisotopic (exact) mass is 1060 g/mol. The van der Waals surface area contributed by atoms with E-state index in [1.54, 1.807) is 0 Å². The second kappa shape index (κ2) is 20.4. The van der Waals surface area contributed by atoms with Crippen LogP contribution in [0.5, 0.6) is 0 Å². The van der Waals surface area contributed by atoms with Gasteiger partial charge in [0.05, 0.1) is 22.1 Å². The van der Waals surface area contributed by atoms with E-state index in [0.29, 0.717) is 0 Å². The highest BCUT2D eigenvalue weighted by atomic mass is 15.2. The van der Waals surface area contributed by atoms with Crippen LogP contribution in [-0.2, 0) is 5.41 Å². The van der Waals surface area contributed by atoms with Gasteiger partial charge in [0.1, 0.15) is 11.6 Å². The molecule has 0 fully saturated rings. The van der Waals surface area contributed by atoms with Gasteiger partial charge >= 0.3 is 0 Å². The number of fused-ring (bicyclic) bond motifs is 5. The minimum atomic E-state index is -0.355. The second-order valence-corrected chi connectivity index (χ2v) is 21.9. The van der Waals surface area contributed by atoms with Crippen LogP contribution >= 0.6 is 0 Å². The minimum absolute atomic E-state index is 0.355. The Bertz CT molecular complexity index is 4380. The molecule has 0 saturated carbocycles. The molecule has 6 heteroatoms. The summed E-state index contributed by atoms with van der Waals surface area (Å²) in [4.78, 5) is 15.2. The predicted octanol–water partition coefficient (Wildman–Crippen LogP) is 20.3. The van der Waals surface area contributed by atoms with Crippen LogP contribution in [0.2, 0.25) is 0 Å². The lowest BCUT2D eigenvalue weighted by molar-refractivity contribution is 0.660. The van der Waals surface area contributed by atoms with Crippen molar-refractivity contribution in [3.05, 3.63) is 314 Å². The van der Waals surface area contributed by atoms with E-state index in [0.717, 1.165) is 101 Å². The van der Waals surface area contributed by atoms with Gasteiger partial charge in [-0.15, -0.1) is 0 Å². The molecule has 1 aliphatic carbocycles. The van der Waals surface area contributed by atoms with Crippen molar-refractivity contribution in [2.24, 2.45) is 0 Å². The summed E-state index contributed by atoms with van der Waals surface area (Å²) in [5.41, 5.74) is 24.0. The first-order chi connectivity index (χ1) is 40.9. The molecule has 0 aliphatic heterocycles. The lowest BCUT2D eigenvalue weighted by Gasteiger charge is -2.29. The number of aromatic nitrogens is 4. The average Bonchev–Trinajstić information content (AvgIpc) is 3.59. The van der Waals surface area contributed by atoms with Crippen LogP contribution in [0.1, 0.15) is 25.0 Å². The number of hydrogen-bond donors (Lipinski definition) is 0. The maximum Gasteiger partial charge on any atom is 0.145 e. The third kappa shape index (κ3) is 8.76. The van der Waals surface area contributed by atoms with Gasteiger partial charge in [-0.05, 0) is 190 Å². The highest BCUT2D eigenvalue weighted by Crippen LogP contribution is 2.53. The van der Waals surface area contributed by atoms with E-state index < -0.39 is 0 Å². The molecule has 0 amide bonds. The molecule has 0 radical (unpaired) electrons. The Hall–Kier alpha value is -10.8. The van der Waals surface area contributed by atoms with Crippen molar-refractivity contribution in [3.8, 4) is 67.5 Å². The molecule has 0 saturated heterocycles. The molecular weight excluding hydrogens is 1010 g/mol. The van der Waals surface area contributed by atoms with Crippen molar-refractivity contribution < 1.29 is 0 Å². The number of anilines is 6. The van der Waals surface area contributed by atoms with Gasteiger partial charge in [-0.25, -0.2) is 9.97 Å². The first-order valence-corrected chi connectivity index (χ1v) is 28.4. The summed E-state index contributed by atoms with van der Waals surface area (Å²) in [6.07, 6.45) is 0. The summed E-state index contributed by atoms with van der Waals surface area (Å²) in [6, 6.07) is 109. The standard InChI is InChI=1S/C77H56N6/c1-77(2)69-51-65(80(63-31-19-25-57(49-63)53-21-7-3-8-22-53)61-41-37-55(38-42-61)75-78-71-33-15-17-35-73(71)82(75)59-27-11-5-12-28-59)45-47-67(69)68-48-46-66(52-70(68)77)81(64-32-20-26-58(50-64)54-23-9-4-10-24-54)62-43-39-56(40-44-62)76-79-72-34-16-18-36-74(72)83(76)60-29-13-6-14-30-60/h3-52H,1-2H3. The Balaban J connectivity index is 0.828. The summed E-state index contributed by atoms with van der Waals surface area (Å²) in [5.74, 6) is 1.80. The van der Waals surface area contributed by atoms with Crippen molar-refractivity contribution in [2.75, 3.05) is 9.80 Å². The van der Waals surface area contributed by atoms with Crippen molar-refractivity contribution in [2.45, 2.75) is 19.3 Å². The molecule has 1 aliphatic rings. The van der Waals surface area contributed by atoms with Crippen LogP contribution in [0.25, 0.3) is 89.6 Å². The van der Waals surface area contributed by atoms with E-state index in [1.165, 1.54) is 33.4 Å². The smallest absolute Gasteiger partial charge is 0.145 e. The van der Waals surface area contributed by atoms with Crippen LogP contribution in [-0.4, -0.2) is 19.1 Å². The molecule has 2 heterocycles. The maximum atomic E-state index is 5.22. The molecule has 0 spiro atoms. The molecule has 15 rings (SSSR count). The minimum Gasteiger partial charge on any atom is -0.310 e. The summed E-state index contributed by atoms with van der Waals surface area (Å²) in [7, 11) is 0. The zero-order valence-corrected chi connectivity index (χ0v) is 46.1. The van der Waals surface area contributed by atoms with Crippen molar-refractivity contribution >= 4 is 56.2 Å². The van der Waals surface area contributed by atoms with E-state index >= 15 is 0 Å². The van der Waals surface area contributed by atoms with Crippen LogP contribution in [0.4, 0.5) is 34.1 Å². The molecule has 0 N–H and O–H groups in total. The lowest BCUT2D eigenvalue weighted by Crippen LogP contribution is -2.17. The number of hydrogen-bond acceptors (Lipinski definition) is 4. The highest BCUT2D eigenvalue weighted by molar-refractivity contribution is 5.91. The SMILES string of the molecule is CC1(C)c2cc(N(c3ccc(-c4nc5ccccc5n4-c4ccccc4)cc3)c3cccc(-c4ccccc4)c3)ccc2-c2ccc(N(c3ccc(-c4nc5ccccc5n4-c4ccccc4)cc3)c3cccc(-c4ccccc4)c3)cc21. The first kappa shape index (κ1) is 49.2. The van der Waals surface area contributed by atoms with E-state index in [1.807, 2.05) is 0 Å². The number of imidazole rings is 2. The summed E-state index contributed by atoms with van der Waals surface area (Å²) in [5, 5.41) is 0. The molecule has 0 bridgehead atoms. The molecular formula is C77H56N6. The predicted molar refractivity (Wildman–Crippen MR) is 344 cm³/mol. The molecule has 0 unspecified atom stereocenters. The zero-order valence-electron chi connectivity index (χ0n) is 46.1. The molecule has 12 aromatic carbocycles. The van der Waals surface area contributed by atoms with Gasteiger partial charge in [-0.2, -0.15) is 0 Å². The molecule has 14 aromatic rings. The van der Waals surface area contributed by atoms with Crippen molar-refractivity contribution in [3.63, 3.8) is 0 Å². The van der Waals surface area contributed by atoms with Gasteiger partial charge in [-0.1, -0.05) is 172 Å². The topological polar surface area (TPSA) is 42.1 Å². The molecule has 394 valence electrons. The van der Waals surface area contributed by atoms with Gasteiger partial charge in [0.2, 0.25) is 0 Å². The van der Waals surface area contributed by atoms with Gasteiger partial charge in [-0.3, -0.25) is 9.13 Å². The van der Waals surface area contributed by atoms with Crippen molar-refractivity contribution in [1.29, 1.82) is 0 Å². The fraction of sp³-hybridized carbons (Fsp3) is 0.0390. The van der Waals surface area contributed by atoms with E-state index in [4.69, 9.17) is 9.97 Å². The largest absolute Gasteiger partial charge is 0.310 e. The zero-order chi connectivity index (χ0) is 55.4. The normalized spacial score (nSPS) is 12.3. The van der Waals surface area contributed by atoms with Crippen LogP contribution in [0.15, 0.2) is 303 Å². The summed E-state index contributed by atoms with van der Waals surface area (Å²) in [6.45, 7) is 4.76. The fourth-order valence-electron chi connectivity index (χ4n) is 12.4. The number of benzene rings is 12. The Morgan fingerprint density at radius 1 is 0.277 bits per heavy atom. The van der Waals surface area contributed by atoms with Gasteiger partial charge in [0.15, 0.2) is 0 Å². The highest BCUT2D eigenvalue weighted by Gasteiger charge is 2.37. The maximum absolute atomic E-state index is 5.22. The Kier molecular flexibility index (Phi) is 12.1. The van der Waals surface area contributed by atoms with Crippen LogP contribution in [0, 0.1) is 0 Å². The number of para-hydroxylation sites is 6. The first-order valence-electron chi connectivity index (χ1n) is 28.4. The average molecular weight is 1070 g/mol. The summed E-state index contributed by atoms with van der Waals surface area (Å²) < 4.78 is 4.53. The van der Waals surface area contributed by atoms with Crippen LogP contribution < -0.4 is 9.80 Å². The summed E-state index contributed by atoms with van der Waals surface area (Å²) >= 11 is 0. The van der Waals surface area contributed by atoms with Gasteiger partial charge in [0.25, 0.3) is 0 Å². The number of nitrogens with zero attached hydrogens (tertiary/aromatic N) is 6. The third-order valence-electron chi connectivity index (χ3n) is 16.5. The number of rotatable bonds is 12. The van der Waals surface area contributed by atoms with Crippen LogP contribution in [0.3, 0.4) is 0 Å². The molecule has 0 atom stereocenters. The fourth-order valence-corrected chi connectivity index (χ4v) is 12.4. The molecule has 6 nitrogen and oxygen atoms in total. The van der Waals surface area contributed by atoms with E-state index in [-0.39, 0.29) is 5.41 Å². The van der Waals surface area contributed by atoms with E-state index in [9.17, 15) is 0 Å². The Morgan fingerprint density at radius 2 is 0.614 bits per heavy atom. The third-order valence-corrected chi connectivity index (χ3v) is 16.5. The van der Waals surface area contributed by atoms with Gasteiger partial charge < -0.3 is 9.80 Å². The van der Waals surface area contributed by atoms with Gasteiger partial charge in [0, 0.05) is 62.0 Å².